The van der Waals surface area contributed by atoms with Crippen LogP contribution in [0.3, 0.4) is 0 Å². The Labute approximate surface area is 156 Å². The van der Waals surface area contributed by atoms with Crippen LogP contribution in [0.25, 0.3) is 0 Å². The van der Waals surface area contributed by atoms with Crippen molar-refractivity contribution in [3.63, 3.8) is 0 Å². The molecular formula is C17H12F2N4O3S. The van der Waals surface area contributed by atoms with Gasteiger partial charge in [0.2, 0.25) is 5.91 Å². The van der Waals surface area contributed by atoms with Gasteiger partial charge in [0.05, 0.1) is 5.56 Å². The molecule has 0 radical (unpaired) electrons. The number of anilines is 1. The monoisotopic (exact) mass is 390 g/mol. The summed E-state index contributed by atoms with van der Waals surface area (Å²) in [6.45, 7) is 0.748. The van der Waals surface area contributed by atoms with E-state index in [-0.39, 0.29) is 11.1 Å². The lowest BCUT2D eigenvalue weighted by molar-refractivity contribution is -0.133. The first-order valence-corrected chi connectivity index (χ1v) is 8.51. The van der Waals surface area contributed by atoms with Gasteiger partial charge in [-0.2, -0.15) is 5.26 Å². The van der Waals surface area contributed by atoms with Gasteiger partial charge < -0.3 is 10.6 Å². The topological polar surface area (TPSA) is 102 Å². The maximum absolute atomic E-state index is 13.5. The summed E-state index contributed by atoms with van der Waals surface area (Å²) < 4.78 is 26.7. The third-order valence-electron chi connectivity index (χ3n) is 4.11. The molecule has 0 unspecified atom stereocenters. The van der Waals surface area contributed by atoms with Gasteiger partial charge in [0, 0.05) is 0 Å². The highest BCUT2D eigenvalue weighted by molar-refractivity contribution is 7.14. The number of hydrogen-bond acceptors (Lipinski definition) is 5. The Morgan fingerprint density at radius 2 is 2.07 bits per heavy atom. The molecule has 2 aromatic rings. The maximum Gasteiger partial charge on any atom is 0.325 e. The molecule has 0 aliphatic carbocycles. The number of nitrogens with one attached hydrogen (secondary N) is 2. The van der Waals surface area contributed by atoms with Gasteiger partial charge in [-0.25, -0.2) is 13.6 Å². The number of rotatable bonds is 4. The van der Waals surface area contributed by atoms with E-state index in [0.29, 0.717) is 9.90 Å². The van der Waals surface area contributed by atoms with Gasteiger partial charge in [0.1, 0.15) is 23.2 Å². The standard InChI is InChI=1S/C17H12F2N4O3S/c1-17(10-2-3-11(18)12(19)6-10)15(25)23(16(26)22-17)8-13(24)21-14-9(7-20)4-5-27-14/h2-6H,8H2,1H3,(H,21,24)(H,22,26)/t17-/m0/s1. The average Bonchev–Trinajstić information content (AvgIpc) is 3.15. The fourth-order valence-electron chi connectivity index (χ4n) is 2.65. The normalized spacial score (nSPS) is 19.0. The van der Waals surface area contributed by atoms with Crippen LogP contribution in [0.5, 0.6) is 0 Å². The summed E-state index contributed by atoms with van der Waals surface area (Å²) in [6.07, 6.45) is 0. The van der Waals surface area contributed by atoms with Crippen molar-refractivity contribution >= 4 is 34.2 Å². The maximum atomic E-state index is 13.5. The van der Waals surface area contributed by atoms with Crippen LogP contribution in [0, 0.1) is 23.0 Å². The van der Waals surface area contributed by atoms with Gasteiger partial charge in [-0.1, -0.05) is 6.07 Å². The molecule has 1 aromatic carbocycles. The summed E-state index contributed by atoms with van der Waals surface area (Å²) in [5, 5.41) is 15.7. The lowest BCUT2D eigenvalue weighted by Crippen LogP contribution is -2.42. The van der Waals surface area contributed by atoms with Gasteiger partial charge in [-0.3, -0.25) is 14.5 Å². The third kappa shape index (κ3) is 3.24. The van der Waals surface area contributed by atoms with Crippen molar-refractivity contribution in [2.45, 2.75) is 12.5 Å². The molecule has 3 rings (SSSR count). The Bertz CT molecular complexity index is 1000. The molecule has 1 aliphatic heterocycles. The van der Waals surface area contributed by atoms with Crippen LogP contribution in [0.2, 0.25) is 0 Å². The van der Waals surface area contributed by atoms with Crippen molar-refractivity contribution < 1.29 is 23.2 Å². The van der Waals surface area contributed by atoms with E-state index in [2.05, 4.69) is 10.6 Å². The molecule has 1 fully saturated rings. The summed E-state index contributed by atoms with van der Waals surface area (Å²) in [5.74, 6) is -3.69. The van der Waals surface area contributed by atoms with Crippen LogP contribution in [0.4, 0.5) is 18.6 Å². The summed E-state index contributed by atoms with van der Waals surface area (Å²) in [7, 11) is 0. The molecular weight excluding hydrogens is 378 g/mol. The highest BCUT2D eigenvalue weighted by Crippen LogP contribution is 2.30. The second-order valence-electron chi connectivity index (χ2n) is 5.90. The zero-order valence-electron chi connectivity index (χ0n) is 13.9. The Kier molecular flexibility index (Phi) is 4.63. The van der Waals surface area contributed by atoms with Crippen molar-refractivity contribution in [3.8, 4) is 6.07 Å². The number of amides is 4. The molecule has 0 spiro atoms. The molecule has 2 N–H and O–H groups in total. The predicted molar refractivity (Wildman–Crippen MR) is 91.6 cm³/mol. The highest BCUT2D eigenvalue weighted by atomic mass is 32.1. The van der Waals surface area contributed by atoms with Crippen LogP contribution in [-0.4, -0.2) is 29.3 Å². The summed E-state index contributed by atoms with van der Waals surface area (Å²) in [6, 6.07) is 5.45. The lowest BCUT2D eigenvalue weighted by atomic mass is 9.92. The number of nitriles is 1. The third-order valence-corrected chi connectivity index (χ3v) is 4.94. The molecule has 10 heteroatoms. The molecule has 2 heterocycles. The molecule has 1 saturated heterocycles. The van der Waals surface area contributed by atoms with E-state index in [1.54, 1.807) is 5.38 Å². The molecule has 1 atom stereocenters. The number of thiophene rings is 1. The van der Waals surface area contributed by atoms with E-state index in [9.17, 15) is 23.2 Å². The van der Waals surface area contributed by atoms with Crippen molar-refractivity contribution in [1.82, 2.24) is 10.2 Å². The molecule has 1 aromatic heterocycles. The van der Waals surface area contributed by atoms with Crippen molar-refractivity contribution in [1.29, 1.82) is 5.26 Å². The summed E-state index contributed by atoms with van der Waals surface area (Å²) in [4.78, 5) is 37.7. The minimum Gasteiger partial charge on any atom is -0.319 e. The number of carbonyl (C=O) groups excluding carboxylic acids is 3. The second-order valence-corrected chi connectivity index (χ2v) is 6.81. The number of hydrogen-bond donors (Lipinski definition) is 2. The van der Waals surface area contributed by atoms with Crippen LogP contribution in [0.15, 0.2) is 29.6 Å². The van der Waals surface area contributed by atoms with Gasteiger partial charge in [-0.05, 0) is 36.1 Å². The lowest BCUT2D eigenvalue weighted by Gasteiger charge is -2.22. The Morgan fingerprint density at radius 1 is 1.33 bits per heavy atom. The first-order chi connectivity index (χ1) is 12.8. The number of imide groups is 1. The largest absolute Gasteiger partial charge is 0.325 e. The number of nitrogens with zero attached hydrogens (tertiary/aromatic N) is 2. The van der Waals surface area contributed by atoms with E-state index < -0.39 is 41.6 Å². The minimum atomic E-state index is -1.63. The quantitative estimate of drug-likeness (QED) is 0.782. The smallest absolute Gasteiger partial charge is 0.319 e. The van der Waals surface area contributed by atoms with E-state index >= 15 is 0 Å². The fourth-order valence-corrected chi connectivity index (χ4v) is 3.40. The first kappa shape index (κ1) is 18.5. The Hall–Kier alpha value is -3.32. The van der Waals surface area contributed by atoms with E-state index in [1.165, 1.54) is 19.1 Å². The average molecular weight is 390 g/mol. The molecule has 4 amide bonds. The zero-order chi connectivity index (χ0) is 19.8. The number of halogens is 2. The van der Waals surface area contributed by atoms with Gasteiger partial charge >= 0.3 is 6.03 Å². The molecule has 27 heavy (non-hydrogen) atoms. The van der Waals surface area contributed by atoms with Gasteiger partial charge in [-0.15, -0.1) is 11.3 Å². The molecule has 138 valence electrons. The van der Waals surface area contributed by atoms with Crippen molar-refractivity contribution in [3.05, 3.63) is 52.4 Å². The van der Waals surface area contributed by atoms with Gasteiger partial charge in [0.15, 0.2) is 11.6 Å². The van der Waals surface area contributed by atoms with Crippen LogP contribution >= 0.6 is 11.3 Å². The number of carbonyl (C=O) groups is 3. The fraction of sp³-hybridized carbons (Fsp3) is 0.176. The minimum absolute atomic E-state index is 0.0488. The van der Waals surface area contributed by atoms with Crippen LogP contribution in [0.1, 0.15) is 18.1 Å². The molecule has 7 nitrogen and oxygen atoms in total. The van der Waals surface area contributed by atoms with Crippen molar-refractivity contribution in [2.24, 2.45) is 0 Å². The first-order valence-electron chi connectivity index (χ1n) is 7.63. The predicted octanol–water partition coefficient (Wildman–Crippen LogP) is 2.30. The number of benzene rings is 1. The molecule has 0 bridgehead atoms. The van der Waals surface area contributed by atoms with E-state index in [4.69, 9.17) is 5.26 Å². The molecule has 1 aliphatic rings. The van der Waals surface area contributed by atoms with E-state index in [1.807, 2.05) is 6.07 Å². The van der Waals surface area contributed by atoms with Gasteiger partial charge in [0.25, 0.3) is 5.91 Å². The van der Waals surface area contributed by atoms with Crippen LogP contribution in [-0.2, 0) is 15.1 Å². The SMILES string of the molecule is C[C@@]1(c2ccc(F)c(F)c2)NC(=O)N(CC(=O)Nc2sccc2C#N)C1=O. The summed E-state index contributed by atoms with van der Waals surface area (Å²) in [5.41, 5.74) is -1.32. The number of urea groups is 1. The molecule has 0 saturated carbocycles. The Balaban J connectivity index is 1.78. The summed E-state index contributed by atoms with van der Waals surface area (Å²) >= 11 is 1.13. The second kappa shape index (κ2) is 6.77. The van der Waals surface area contributed by atoms with Crippen molar-refractivity contribution in [2.75, 3.05) is 11.9 Å². The zero-order valence-corrected chi connectivity index (χ0v) is 14.7. The Morgan fingerprint density at radius 3 is 2.74 bits per heavy atom. The van der Waals surface area contributed by atoms with E-state index in [0.717, 1.165) is 23.5 Å². The highest BCUT2D eigenvalue weighted by Gasteiger charge is 2.49. The van der Waals surface area contributed by atoms with Crippen LogP contribution < -0.4 is 10.6 Å².